The molecule has 0 bridgehead atoms. The van der Waals surface area contributed by atoms with Gasteiger partial charge in [-0.15, -0.1) is 0 Å². The summed E-state index contributed by atoms with van der Waals surface area (Å²) in [6.45, 7) is 6.95. The SMILES string of the molecule is C=CC(=O)N1CCCC2(C1)CN(c1cc3c(Nc4cc(Br)ccc4OC)ncnc3cc1OC)C2. The van der Waals surface area contributed by atoms with E-state index in [1.54, 1.807) is 20.5 Å². The number of nitrogens with zero attached hydrogens (tertiary/aromatic N) is 4. The van der Waals surface area contributed by atoms with Gasteiger partial charge in [-0.05, 0) is 43.2 Å². The van der Waals surface area contributed by atoms with Gasteiger partial charge in [-0.2, -0.15) is 0 Å². The molecule has 0 radical (unpaired) electrons. The Morgan fingerprint density at radius 3 is 2.69 bits per heavy atom. The average Bonchev–Trinajstić information content (AvgIpc) is 2.86. The molecule has 2 aromatic carbocycles. The summed E-state index contributed by atoms with van der Waals surface area (Å²) in [6.07, 6.45) is 5.08. The van der Waals surface area contributed by atoms with E-state index >= 15 is 0 Å². The summed E-state index contributed by atoms with van der Waals surface area (Å²) in [6, 6.07) is 9.82. The zero-order valence-electron chi connectivity index (χ0n) is 19.9. The first kappa shape index (κ1) is 23.4. The highest BCUT2D eigenvalue weighted by atomic mass is 79.9. The fraction of sp³-hybridized carbons (Fsp3) is 0.346. The van der Waals surface area contributed by atoms with Crippen LogP contribution in [0.3, 0.4) is 0 Å². The third-order valence-corrected chi connectivity index (χ3v) is 7.38. The monoisotopic (exact) mass is 537 g/mol. The largest absolute Gasteiger partial charge is 0.495 e. The van der Waals surface area contributed by atoms with Gasteiger partial charge in [0.15, 0.2) is 0 Å². The summed E-state index contributed by atoms with van der Waals surface area (Å²) in [4.78, 5) is 25.4. The van der Waals surface area contributed by atoms with Gasteiger partial charge in [-0.1, -0.05) is 22.5 Å². The number of amides is 1. The second kappa shape index (κ2) is 9.37. The second-order valence-electron chi connectivity index (χ2n) is 9.16. The van der Waals surface area contributed by atoms with E-state index in [1.165, 1.54) is 6.08 Å². The van der Waals surface area contributed by atoms with Crippen molar-refractivity contribution >= 4 is 49.9 Å². The smallest absolute Gasteiger partial charge is 0.245 e. The van der Waals surface area contributed by atoms with Gasteiger partial charge in [0.05, 0.1) is 31.1 Å². The number of rotatable bonds is 6. The lowest BCUT2D eigenvalue weighted by molar-refractivity contribution is -0.130. The van der Waals surface area contributed by atoms with Crippen molar-refractivity contribution in [3.8, 4) is 11.5 Å². The number of piperidine rings is 1. The Balaban J connectivity index is 1.46. The standard InChI is InChI=1S/C26H28BrN5O3/c1-4-24(33)31-9-5-8-26(13-31)14-32(15-26)21-11-18-19(12-23(21)35-3)28-16-29-25(18)30-20-10-17(27)6-7-22(20)34-2/h4,6-7,10-12,16H,1,5,8-9,13-15H2,2-3H3,(H,28,29,30). The number of methoxy groups -OCH3 is 2. The quantitative estimate of drug-likeness (QED) is 0.453. The molecule has 1 aromatic heterocycles. The van der Waals surface area contributed by atoms with Crippen LogP contribution in [0.4, 0.5) is 17.2 Å². The van der Waals surface area contributed by atoms with E-state index in [1.807, 2.05) is 29.2 Å². The number of fused-ring (bicyclic) bond motifs is 1. The van der Waals surface area contributed by atoms with Crippen LogP contribution >= 0.6 is 15.9 Å². The molecule has 9 heteroatoms. The molecule has 8 nitrogen and oxygen atoms in total. The molecule has 3 aromatic rings. The van der Waals surface area contributed by atoms with E-state index < -0.39 is 0 Å². The summed E-state index contributed by atoms with van der Waals surface area (Å²) >= 11 is 3.53. The second-order valence-corrected chi connectivity index (χ2v) is 10.1. The molecule has 1 amide bonds. The molecule has 0 unspecified atom stereocenters. The van der Waals surface area contributed by atoms with Crippen LogP contribution in [0.15, 0.2) is 53.8 Å². The van der Waals surface area contributed by atoms with Crippen LogP contribution in [0.1, 0.15) is 12.8 Å². The number of nitrogens with one attached hydrogen (secondary N) is 1. The maximum Gasteiger partial charge on any atom is 0.245 e. The van der Waals surface area contributed by atoms with Crippen LogP contribution in [0.2, 0.25) is 0 Å². The first-order valence-corrected chi connectivity index (χ1v) is 12.3. The van der Waals surface area contributed by atoms with E-state index in [0.29, 0.717) is 11.6 Å². The number of benzene rings is 2. The van der Waals surface area contributed by atoms with Crippen molar-refractivity contribution in [2.75, 3.05) is 50.6 Å². The number of likely N-dealkylation sites (tertiary alicyclic amines) is 1. The zero-order valence-corrected chi connectivity index (χ0v) is 21.5. The van der Waals surface area contributed by atoms with Gasteiger partial charge in [-0.25, -0.2) is 9.97 Å². The Morgan fingerprint density at radius 2 is 1.94 bits per heavy atom. The Morgan fingerprint density at radius 1 is 1.14 bits per heavy atom. The average molecular weight is 538 g/mol. The first-order valence-electron chi connectivity index (χ1n) is 11.5. The third kappa shape index (κ3) is 4.40. The van der Waals surface area contributed by atoms with E-state index in [4.69, 9.17) is 9.47 Å². The van der Waals surface area contributed by atoms with Crippen LogP contribution in [0.25, 0.3) is 10.9 Å². The number of hydrogen-bond acceptors (Lipinski definition) is 7. The highest BCUT2D eigenvalue weighted by Crippen LogP contribution is 2.45. The number of anilines is 3. The molecule has 2 aliphatic rings. The van der Waals surface area contributed by atoms with Crippen molar-refractivity contribution in [1.29, 1.82) is 0 Å². The van der Waals surface area contributed by atoms with Crippen molar-refractivity contribution < 1.29 is 14.3 Å². The number of aromatic nitrogens is 2. The lowest BCUT2D eigenvalue weighted by atomic mass is 9.73. The molecule has 1 N–H and O–H groups in total. The van der Waals surface area contributed by atoms with Crippen LogP contribution in [0, 0.1) is 5.41 Å². The van der Waals surface area contributed by atoms with Gasteiger partial charge in [0.2, 0.25) is 5.91 Å². The molecule has 0 saturated carbocycles. The maximum atomic E-state index is 12.2. The van der Waals surface area contributed by atoms with Gasteiger partial charge in [0.25, 0.3) is 0 Å². The molecule has 182 valence electrons. The third-order valence-electron chi connectivity index (χ3n) is 6.89. The molecule has 3 heterocycles. The van der Waals surface area contributed by atoms with Crippen LogP contribution in [-0.4, -0.2) is 61.2 Å². The summed E-state index contributed by atoms with van der Waals surface area (Å²) < 4.78 is 12.2. The van der Waals surface area contributed by atoms with Gasteiger partial charge in [-0.3, -0.25) is 4.79 Å². The number of halogens is 1. The van der Waals surface area contributed by atoms with Crippen molar-refractivity contribution in [1.82, 2.24) is 14.9 Å². The van der Waals surface area contributed by atoms with Crippen molar-refractivity contribution in [2.45, 2.75) is 12.8 Å². The molecule has 1 spiro atoms. The van der Waals surface area contributed by atoms with Gasteiger partial charge >= 0.3 is 0 Å². The van der Waals surface area contributed by atoms with Gasteiger partial charge in [0, 0.05) is 47.5 Å². The highest BCUT2D eigenvalue weighted by Gasteiger charge is 2.47. The molecule has 2 aliphatic heterocycles. The Kier molecular flexibility index (Phi) is 6.27. The van der Waals surface area contributed by atoms with Gasteiger partial charge in [0.1, 0.15) is 23.6 Å². The highest BCUT2D eigenvalue weighted by molar-refractivity contribution is 9.10. The van der Waals surface area contributed by atoms with Crippen LogP contribution in [0.5, 0.6) is 11.5 Å². The minimum Gasteiger partial charge on any atom is -0.495 e. The lowest BCUT2D eigenvalue weighted by Gasteiger charge is -2.55. The minimum absolute atomic E-state index is 0.0154. The molecule has 2 saturated heterocycles. The van der Waals surface area contributed by atoms with E-state index in [-0.39, 0.29) is 11.3 Å². The summed E-state index contributed by atoms with van der Waals surface area (Å²) in [5.41, 5.74) is 2.69. The zero-order chi connectivity index (χ0) is 24.6. The Bertz CT molecular complexity index is 1290. The summed E-state index contributed by atoms with van der Waals surface area (Å²) in [5.74, 6) is 2.19. The summed E-state index contributed by atoms with van der Waals surface area (Å²) in [7, 11) is 3.32. The maximum absolute atomic E-state index is 12.2. The molecule has 0 atom stereocenters. The molecule has 35 heavy (non-hydrogen) atoms. The molecular formula is C26H28BrN5O3. The van der Waals surface area contributed by atoms with Crippen molar-refractivity contribution in [3.63, 3.8) is 0 Å². The molecular weight excluding hydrogens is 510 g/mol. The number of carbonyl (C=O) groups excluding carboxylic acids is 1. The van der Waals surface area contributed by atoms with E-state index in [2.05, 4.69) is 48.8 Å². The fourth-order valence-corrected chi connectivity index (χ4v) is 5.57. The Hall–Kier alpha value is -3.33. The first-order chi connectivity index (χ1) is 16.9. The molecule has 0 aliphatic carbocycles. The number of carbonyl (C=O) groups is 1. The van der Waals surface area contributed by atoms with Crippen molar-refractivity contribution in [2.24, 2.45) is 5.41 Å². The minimum atomic E-state index is 0.0154. The summed E-state index contributed by atoms with van der Waals surface area (Å²) in [5, 5.41) is 4.30. The van der Waals surface area contributed by atoms with Crippen LogP contribution < -0.4 is 19.7 Å². The molecule has 5 rings (SSSR count). The normalized spacial score (nSPS) is 16.7. The van der Waals surface area contributed by atoms with Crippen molar-refractivity contribution in [3.05, 3.63) is 53.8 Å². The van der Waals surface area contributed by atoms with E-state index in [9.17, 15) is 4.79 Å². The Labute approximate surface area is 213 Å². The van der Waals surface area contributed by atoms with Gasteiger partial charge < -0.3 is 24.6 Å². The predicted molar refractivity (Wildman–Crippen MR) is 141 cm³/mol. The van der Waals surface area contributed by atoms with E-state index in [0.717, 1.165) is 71.5 Å². The molecule has 2 fully saturated rings. The lowest BCUT2D eigenvalue weighted by Crippen LogP contribution is -2.63. The fourth-order valence-electron chi connectivity index (χ4n) is 5.21. The number of ether oxygens (including phenoxy) is 2. The predicted octanol–water partition coefficient (Wildman–Crippen LogP) is 4.77. The topological polar surface area (TPSA) is 79.8 Å². The number of hydrogen-bond donors (Lipinski definition) is 1. The van der Waals surface area contributed by atoms with Crippen LogP contribution in [-0.2, 0) is 4.79 Å².